The van der Waals surface area contributed by atoms with Crippen molar-refractivity contribution in [1.82, 2.24) is 5.43 Å². The zero-order valence-electron chi connectivity index (χ0n) is 13.6. The Bertz CT molecular complexity index is 866. The largest absolute Gasteiger partial charge is 0.278 e. The summed E-state index contributed by atoms with van der Waals surface area (Å²) >= 11 is 1.12. The molecule has 0 spiro atoms. The summed E-state index contributed by atoms with van der Waals surface area (Å²) in [4.78, 5) is 12.4. The highest BCUT2D eigenvalue weighted by atomic mass is 32.2. The molecule has 1 fully saturated rings. The van der Waals surface area contributed by atoms with E-state index in [0.29, 0.717) is 0 Å². The first-order chi connectivity index (χ1) is 12.1. The average Bonchev–Trinajstić information content (AvgIpc) is 3.16. The molecular formula is C17H19N3O3S2. The summed E-state index contributed by atoms with van der Waals surface area (Å²) in [5.74, 6) is -0.428. The van der Waals surface area contributed by atoms with Gasteiger partial charge in [-0.2, -0.15) is 5.10 Å². The fraction of sp³-hybridized carbons (Fsp3) is 0.294. The van der Waals surface area contributed by atoms with Gasteiger partial charge in [-0.05, 0) is 49.3 Å². The Morgan fingerprint density at radius 2 is 1.80 bits per heavy atom. The molecule has 0 aliphatic heterocycles. The molecular weight excluding hydrogens is 358 g/mol. The number of nitrogens with one attached hydrogen (secondary N) is 2. The van der Waals surface area contributed by atoms with Crippen LogP contribution in [0.25, 0.3) is 0 Å². The second kappa shape index (κ2) is 7.79. The Balaban J connectivity index is 1.77. The van der Waals surface area contributed by atoms with Gasteiger partial charge in [-0.3, -0.25) is 9.52 Å². The maximum atomic E-state index is 12.4. The van der Waals surface area contributed by atoms with Crippen LogP contribution in [0.3, 0.4) is 0 Å². The molecule has 1 heterocycles. The number of amides is 1. The fourth-order valence-electron chi connectivity index (χ4n) is 2.64. The summed E-state index contributed by atoms with van der Waals surface area (Å²) in [5, 5.41) is 5.88. The van der Waals surface area contributed by atoms with Crippen LogP contribution in [0.1, 0.15) is 42.5 Å². The zero-order valence-corrected chi connectivity index (χ0v) is 15.2. The van der Waals surface area contributed by atoms with Crippen molar-refractivity contribution >= 4 is 38.7 Å². The number of hydrogen-bond donors (Lipinski definition) is 2. The molecule has 1 aromatic heterocycles. The van der Waals surface area contributed by atoms with Gasteiger partial charge in [0.1, 0.15) is 4.21 Å². The van der Waals surface area contributed by atoms with Crippen molar-refractivity contribution in [2.24, 2.45) is 5.10 Å². The van der Waals surface area contributed by atoms with E-state index >= 15 is 0 Å². The van der Waals surface area contributed by atoms with Crippen molar-refractivity contribution < 1.29 is 13.2 Å². The minimum absolute atomic E-state index is 0.199. The summed E-state index contributed by atoms with van der Waals surface area (Å²) in [6.07, 6.45) is 5.16. The third kappa shape index (κ3) is 4.46. The number of anilines is 1. The molecule has 0 unspecified atom stereocenters. The molecule has 1 aromatic carbocycles. The van der Waals surface area contributed by atoms with Crippen molar-refractivity contribution in [2.75, 3.05) is 4.72 Å². The molecule has 3 rings (SSSR count). The Labute approximate surface area is 151 Å². The second-order valence-corrected chi connectivity index (χ2v) is 8.62. The molecule has 8 heteroatoms. The number of sulfonamides is 1. The van der Waals surface area contributed by atoms with Gasteiger partial charge in [0.05, 0.1) is 11.3 Å². The summed E-state index contributed by atoms with van der Waals surface area (Å²) in [6.45, 7) is 0. The van der Waals surface area contributed by atoms with Gasteiger partial charge in [0.15, 0.2) is 0 Å². The zero-order chi connectivity index (χ0) is 17.7. The van der Waals surface area contributed by atoms with E-state index in [1.165, 1.54) is 12.5 Å². The Hall–Kier alpha value is -2.19. The van der Waals surface area contributed by atoms with Crippen LogP contribution in [-0.2, 0) is 10.0 Å². The number of benzene rings is 1. The average molecular weight is 377 g/mol. The van der Waals surface area contributed by atoms with E-state index in [1.54, 1.807) is 35.7 Å². The highest BCUT2D eigenvalue weighted by Gasteiger charge is 2.19. The molecule has 1 aliphatic carbocycles. The Kier molecular flexibility index (Phi) is 5.50. The molecule has 2 N–H and O–H groups in total. The smallest absolute Gasteiger partial charge is 0.273 e. The number of thiophene rings is 1. The van der Waals surface area contributed by atoms with Crippen LogP contribution < -0.4 is 10.1 Å². The van der Waals surface area contributed by atoms with Gasteiger partial charge in [-0.1, -0.05) is 24.6 Å². The van der Waals surface area contributed by atoms with E-state index in [2.05, 4.69) is 15.2 Å². The molecule has 1 saturated carbocycles. The number of carbonyl (C=O) groups excluding carboxylic acids is 1. The number of nitrogens with zero attached hydrogens (tertiary/aromatic N) is 1. The maximum Gasteiger partial charge on any atom is 0.273 e. The van der Waals surface area contributed by atoms with Crippen LogP contribution in [0.2, 0.25) is 0 Å². The monoisotopic (exact) mass is 377 g/mol. The van der Waals surface area contributed by atoms with Crippen molar-refractivity contribution in [3.8, 4) is 0 Å². The number of para-hydroxylation sites is 1. The number of rotatable bonds is 5. The van der Waals surface area contributed by atoms with Crippen LogP contribution in [0.15, 0.2) is 51.1 Å². The standard InChI is InChI=1S/C17H19N3O3S2/c21-17(19-18-13-7-2-1-3-8-13)14-9-4-5-10-15(14)20-25(22,23)16-11-6-12-24-16/h4-6,9-12,20H,1-3,7-8H2,(H,19,21). The summed E-state index contributed by atoms with van der Waals surface area (Å²) < 4.78 is 27.4. The molecule has 132 valence electrons. The molecule has 1 aliphatic rings. The van der Waals surface area contributed by atoms with Crippen LogP contribution in [0, 0.1) is 0 Å². The normalized spacial score (nSPS) is 14.8. The summed E-state index contributed by atoms with van der Waals surface area (Å²) in [7, 11) is -3.71. The first-order valence-corrected chi connectivity index (χ1v) is 10.4. The molecule has 25 heavy (non-hydrogen) atoms. The number of hydrogen-bond acceptors (Lipinski definition) is 5. The molecule has 0 bridgehead atoms. The van der Waals surface area contributed by atoms with Crippen molar-refractivity contribution in [1.29, 1.82) is 0 Å². The van der Waals surface area contributed by atoms with E-state index in [4.69, 9.17) is 0 Å². The first-order valence-electron chi connectivity index (χ1n) is 8.07. The minimum atomic E-state index is -3.71. The van der Waals surface area contributed by atoms with Gasteiger partial charge < -0.3 is 0 Å². The third-order valence-electron chi connectivity index (χ3n) is 3.92. The van der Waals surface area contributed by atoms with E-state index in [-0.39, 0.29) is 15.5 Å². The Morgan fingerprint density at radius 3 is 2.52 bits per heavy atom. The molecule has 2 aromatic rings. The molecule has 0 atom stereocenters. The number of hydrazone groups is 1. The lowest BCUT2D eigenvalue weighted by molar-refractivity contribution is 0.0955. The fourth-order valence-corrected chi connectivity index (χ4v) is 4.72. The molecule has 0 radical (unpaired) electrons. The lowest BCUT2D eigenvalue weighted by Crippen LogP contribution is -2.23. The quantitative estimate of drug-likeness (QED) is 0.781. The lowest BCUT2D eigenvalue weighted by Gasteiger charge is -2.13. The summed E-state index contributed by atoms with van der Waals surface area (Å²) in [6, 6.07) is 9.68. The van der Waals surface area contributed by atoms with Crippen LogP contribution >= 0.6 is 11.3 Å². The maximum absolute atomic E-state index is 12.4. The summed E-state index contributed by atoms with van der Waals surface area (Å²) in [5.41, 5.74) is 4.00. The van der Waals surface area contributed by atoms with E-state index in [1.807, 2.05) is 0 Å². The third-order valence-corrected chi connectivity index (χ3v) is 6.69. The molecule has 1 amide bonds. The highest BCUT2D eigenvalue weighted by molar-refractivity contribution is 7.94. The predicted octanol–water partition coefficient (Wildman–Crippen LogP) is 3.60. The van der Waals surface area contributed by atoms with E-state index in [9.17, 15) is 13.2 Å². The molecule has 6 nitrogen and oxygen atoms in total. The van der Waals surface area contributed by atoms with E-state index in [0.717, 1.165) is 42.7 Å². The van der Waals surface area contributed by atoms with Crippen LogP contribution in [0.5, 0.6) is 0 Å². The predicted molar refractivity (Wildman–Crippen MR) is 99.6 cm³/mol. The highest BCUT2D eigenvalue weighted by Crippen LogP contribution is 2.23. The topological polar surface area (TPSA) is 87.6 Å². The minimum Gasteiger partial charge on any atom is -0.278 e. The van der Waals surface area contributed by atoms with Crippen LogP contribution in [0.4, 0.5) is 5.69 Å². The SMILES string of the molecule is O=C(NN=C1CCCCC1)c1ccccc1NS(=O)(=O)c1cccs1. The first kappa shape index (κ1) is 17.6. The van der Waals surface area contributed by atoms with Gasteiger partial charge in [0.2, 0.25) is 0 Å². The van der Waals surface area contributed by atoms with Gasteiger partial charge in [0, 0.05) is 5.71 Å². The second-order valence-electron chi connectivity index (χ2n) is 5.76. The van der Waals surface area contributed by atoms with Gasteiger partial charge in [0.25, 0.3) is 15.9 Å². The van der Waals surface area contributed by atoms with Gasteiger partial charge in [-0.25, -0.2) is 13.8 Å². The van der Waals surface area contributed by atoms with Crippen LogP contribution in [-0.4, -0.2) is 20.0 Å². The van der Waals surface area contributed by atoms with Crippen molar-refractivity contribution in [3.05, 3.63) is 47.3 Å². The Morgan fingerprint density at radius 1 is 1.04 bits per heavy atom. The van der Waals surface area contributed by atoms with Crippen molar-refractivity contribution in [3.63, 3.8) is 0 Å². The van der Waals surface area contributed by atoms with Gasteiger partial charge in [-0.15, -0.1) is 11.3 Å². The lowest BCUT2D eigenvalue weighted by atomic mass is 9.99. The van der Waals surface area contributed by atoms with Gasteiger partial charge >= 0.3 is 0 Å². The van der Waals surface area contributed by atoms with Crippen molar-refractivity contribution in [2.45, 2.75) is 36.3 Å². The van der Waals surface area contributed by atoms with E-state index < -0.39 is 15.9 Å². The molecule has 0 saturated heterocycles. The number of carbonyl (C=O) groups is 1.